The fraction of sp³-hybridized carbons (Fsp3) is 0.483. The number of carbonyl (C=O) groups excluding carboxylic acids is 2. The number of nitrogens with one attached hydrogen (secondary N) is 1. The normalized spacial score (nSPS) is 19.3. The summed E-state index contributed by atoms with van der Waals surface area (Å²) < 4.78 is 26.2. The maximum atomic E-state index is 14.6. The monoisotopic (exact) mass is 545 g/mol. The molecule has 38 heavy (non-hydrogen) atoms. The lowest BCUT2D eigenvalue weighted by atomic mass is 9.86. The number of aliphatic carboxylic acids is 1. The molecule has 0 atom stereocenters. The van der Waals surface area contributed by atoms with Crippen LogP contribution in [-0.4, -0.2) is 42.0 Å². The van der Waals surface area contributed by atoms with Crippen molar-refractivity contribution in [1.29, 1.82) is 0 Å². The third-order valence-corrected chi connectivity index (χ3v) is 7.62. The number of hydrogen-bond donors (Lipinski definition) is 2. The molecule has 204 valence electrons. The molecule has 2 N–H and O–H groups in total. The molecule has 2 fully saturated rings. The summed E-state index contributed by atoms with van der Waals surface area (Å²) in [6.07, 6.45) is 6.09. The van der Waals surface area contributed by atoms with E-state index in [0.29, 0.717) is 66.7 Å². The number of carbonyl (C=O) groups is 3. The van der Waals surface area contributed by atoms with Crippen molar-refractivity contribution >= 4 is 29.3 Å². The van der Waals surface area contributed by atoms with Gasteiger partial charge >= 0.3 is 5.97 Å². The molecular weight excluding hydrogens is 513 g/mol. The number of rotatable bonds is 12. The summed E-state index contributed by atoms with van der Waals surface area (Å²) in [6, 6.07) is 9.07. The maximum absolute atomic E-state index is 14.6. The van der Waals surface area contributed by atoms with Crippen molar-refractivity contribution in [2.24, 2.45) is 11.8 Å². The van der Waals surface area contributed by atoms with Crippen LogP contribution in [0.4, 0.5) is 4.39 Å². The number of carboxylic acid groups (broad SMARTS) is 1. The van der Waals surface area contributed by atoms with Gasteiger partial charge in [-0.15, -0.1) is 0 Å². The highest BCUT2D eigenvalue weighted by Gasteiger charge is 2.27. The first-order chi connectivity index (χ1) is 18.3. The van der Waals surface area contributed by atoms with Gasteiger partial charge in [0.1, 0.15) is 17.3 Å². The molecule has 0 radical (unpaired) electrons. The van der Waals surface area contributed by atoms with Crippen molar-refractivity contribution in [1.82, 2.24) is 5.32 Å². The molecule has 9 heteroatoms. The Kier molecular flexibility index (Phi) is 9.61. The van der Waals surface area contributed by atoms with Gasteiger partial charge in [0, 0.05) is 24.6 Å². The molecule has 0 aliphatic heterocycles. The molecule has 2 aromatic carbocycles. The molecule has 7 nitrogen and oxygen atoms in total. The molecule has 4 rings (SSSR count). The van der Waals surface area contributed by atoms with Crippen molar-refractivity contribution in [3.8, 4) is 11.5 Å². The van der Waals surface area contributed by atoms with E-state index in [2.05, 4.69) is 5.32 Å². The lowest BCUT2D eigenvalue weighted by Crippen LogP contribution is -2.27. The van der Waals surface area contributed by atoms with E-state index >= 15 is 0 Å². The maximum Gasteiger partial charge on any atom is 0.306 e. The topological polar surface area (TPSA) is 102 Å². The van der Waals surface area contributed by atoms with Crippen LogP contribution < -0.4 is 14.8 Å². The Morgan fingerprint density at radius 1 is 1.03 bits per heavy atom. The quantitative estimate of drug-likeness (QED) is 0.248. The first-order valence-corrected chi connectivity index (χ1v) is 13.6. The van der Waals surface area contributed by atoms with Gasteiger partial charge in [0.15, 0.2) is 5.78 Å². The van der Waals surface area contributed by atoms with E-state index < -0.39 is 11.8 Å². The minimum Gasteiger partial charge on any atom is -0.492 e. The predicted octanol–water partition coefficient (Wildman–Crippen LogP) is 6.07. The van der Waals surface area contributed by atoms with Gasteiger partial charge in [-0.05, 0) is 81.2 Å². The average Bonchev–Trinajstić information content (AvgIpc) is 2.86. The van der Waals surface area contributed by atoms with E-state index in [1.54, 1.807) is 24.3 Å². The lowest BCUT2D eigenvalue weighted by Gasteiger charge is -2.26. The van der Waals surface area contributed by atoms with Crippen molar-refractivity contribution < 1.29 is 33.4 Å². The van der Waals surface area contributed by atoms with Gasteiger partial charge in [0.25, 0.3) is 5.91 Å². The van der Waals surface area contributed by atoms with E-state index in [4.69, 9.17) is 26.2 Å². The van der Waals surface area contributed by atoms with Crippen LogP contribution in [-0.2, 0) is 4.79 Å². The van der Waals surface area contributed by atoms with Gasteiger partial charge in [-0.2, -0.15) is 0 Å². The van der Waals surface area contributed by atoms with Gasteiger partial charge in [-0.25, -0.2) is 4.39 Å². The largest absolute Gasteiger partial charge is 0.492 e. The molecular formula is C29H33ClFNO6. The minimum atomic E-state index is -0.792. The van der Waals surface area contributed by atoms with Gasteiger partial charge in [0.2, 0.25) is 0 Å². The highest BCUT2D eigenvalue weighted by molar-refractivity contribution is 6.32. The number of ketones is 1. The second kappa shape index (κ2) is 13.1. The summed E-state index contributed by atoms with van der Waals surface area (Å²) >= 11 is 6.27. The first-order valence-electron chi connectivity index (χ1n) is 13.2. The third kappa shape index (κ3) is 7.47. The SMILES string of the molecule is O=C(NCCCC(=O)c1ccc(OC2CCC(C(=O)O)CC2)cc1F)c1ccc(OCC2CCC2)c(Cl)c1. The van der Waals surface area contributed by atoms with Crippen molar-refractivity contribution in [2.75, 3.05) is 13.2 Å². The van der Waals surface area contributed by atoms with Crippen LogP contribution in [0.3, 0.4) is 0 Å². The zero-order valence-electron chi connectivity index (χ0n) is 21.2. The number of carboxylic acids is 1. The Morgan fingerprint density at radius 2 is 1.79 bits per heavy atom. The highest BCUT2D eigenvalue weighted by Crippen LogP contribution is 2.31. The summed E-state index contributed by atoms with van der Waals surface area (Å²) in [5.74, 6) is -1.02. The fourth-order valence-electron chi connectivity index (χ4n) is 4.73. The summed E-state index contributed by atoms with van der Waals surface area (Å²) in [5.41, 5.74) is 0.373. The lowest BCUT2D eigenvalue weighted by molar-refractivity contribution is -0.143. The summed E-state index contributed by atoms with van der Waals surface area (Å²) in [5, 5.41) is 12.2. The van der Waals surface area contributed by atoms with Crippen molar-refractivity contribution in [3.63, 3.8) is 0 Å². The Bertz CT molecular complexity index is 1160. The summed E-state index contributed by atoms with van der Waals surface area (Å²) in [4.78, 5) is 36.0. The number of halogens is 2. The average molecular weight is 546 g/mol. The molecule has 2 aliphatic rings. The molecule has 0 bridgehead atoms. The number of ether oxygens (including phenoxy) is 2. The minimum absolute atomic E-state index is 0.0254. The van der Waals surface area contributed by atoms with E-state index in [1.807, 2.05) is 0 Å². The van der Waals surface area contributed by atoms with Crippen molar-refractivity contribution in [3.05, 3.63) is 58.4 Å². The van der Waals surface area contributed by atoms with Crippen LogP contribution in [0.5, 0.6) is 11.5 Å². The number of hydrogen-bond acceptors (Lipinski definition) is 5. The van der Waals surface area contributed by atoms with Crippen LogP contribution in [0.25, 0.3) is 0 Å². The molecule has 0 spiro atoms. The Morgan fingerprint density at radius 3 is 2.42 bits per heavy atom. The molecule has 2 aliphatic carbocycles. The molecule has 2 aromatic rings. The summed E-state index contributed by atoms with van der Waals surface area (Å²) in [7, 11) is 0. The zero-order chi connectivity index (χ0) is 27.1. The summed E-state index contributed by atoms with van der Waals surface area (Å²) in [6.45, 7) is 0.884. The molecule has 0 heterocycles. The van der Waals surface area contributed by atoms with Gasteiger partial charge in [-0.3, -0.25) is 14.4 Å². The molecule has 2 saturated carbocycles. The Hall–Kier alpha value is -3.13. The fourth-order valence-corrected chi connectivity index (χ4v) is 4.96. The van der Waals surface area contributed by atoms with Crippen LogP contribution >= 0.6 is 11.6 Å². The second-order valence-electron chi connectivity index (χ2n) is 10.1. The zero-order valence-corrected chi connectivity index (χ0v) is 22.0. The van der Waals surface area contributed by atoms with Gasteiger partial charge in [-0.1, -0.05) is 18.0 Å². The number of amides is 1. The molecule has 0 saturated heterocycles. The third-order valence-electron chi connectivity index (χ3n) is 7.33. The highest BCUT2D eigenvalue weighted by atomic mass is 35.5. The first kappa shape index (κ1) is 27.9. The predicted molar refractivity (Wildman–Crippen MR) is 141 cm³/mol. The Labute approximate surface area is 226 Å². The molecule has 0 aromatic heterocycles. The van der Waals surface area contributed by atoms with E-state index in [0.717, 1.165) is 0 Å². The van der Waals surface area contributed by atoms with Crippen LogP contribution in [0.1, 0.15) is 78.5 Å². The van der Waals surface area contributed by atoms with Crippen LogP contribution in [0, 0.1) is 17.7 Å². The number of benzene rings is 2. The van der Waals surface area contributed by atoms with Crippen molar-refractivity contribution in [2.45, 2.75) is 63.9 Å². The van der Waals surface area contributed by atoms with E-state index in [-0.39, 0.29) is 42.2 Å². The van der Waals surface area contributed by atoms with E-state index in [9.17, 15) is 18.8 Å². The van der Waals surface area contributed by atoms with Crippen LogP contribution in [0.15, 0.2) is 36.4 Å². The second-order valence-corrected chi connectivity index (χ2v) is 10.5. The van der Waals surface area contributed by atoms with Gasteiger partial charge < -0.3 is 19.9 Å². The smallest absolute Gasteiger partial charge is 0.306 e. The molecule has 1 amide bonds. The standard InChI is InChI=1S/C29H33ClFNO6/c30-24-15-20(8-13-27(24)37-17-18-3-1-4-18)28(34)32-14-2-5-26(33)23-12-11-22(16-25(23)31)38-21-9-6-19(7-10-21)29(35)36/h8,11-13,15-16,18-19,21H,1-7,9-10,14,17H2,(H,32,34)(H,35,36). The number of Topliss-reactive ketones (excluding diaryl/α,β-unsaturated/α-hetero) is 1. The van der Waals surface area contributed by atoms with Crippen LogP contribution in [0.2, 0.25) is 5.02 Å². The van der Waals surface area contributed by atoms with Gasteiger partial charge in [0.05, 0.1) is 29.2 Å². The Balaban J connectivity index is 1.19. The molecule has 0 unspecified atom stereocenters. The van der Waals surface area contributed by atoms with E-state index in [1.165, 1.54) is 31.4 Å².